The fraction of sp³-hybridized carbons (Fsp3) is 0.750. The zero-order chi connectivity index (χ0) is 14.1. The number of ether oxygens (including phenoxy) is 1. The highest BCUT2D eigenvalue weighted by Crippen LogP contribution is 2.08. The van der Waals surface area contributed by atoms with Crippen LogP contribution in [0.15, 0.2) is 11.6 Å². The fourth-order valence-electron chi connectivity index (χ4n) is 1.79. The summed E-state index contributed by atoms with van der Waals surface area (Å²) in [6.45, 7) is 4.15. The minimum absolute atomic E-state index is 0.101. The van der Waals surface area contributed by atoms with Crippen molar-refractivity contribution in [3.8, 4) is 0 Å². The van der Waals surface area contributed by atoms with Gasteiger partial charge in [-0.25, -0.2) is 13.1 Å². The molecule has 2 N–H and O–H groups in total. The molecule has 0 atom stereocenters. The summed E-state index contributed by atoms with van der Waals surface area (Å²) in [5, 5.41) is 3.20. The Hall–Kier alpha value is -0.920. The van der Waals surface area contributed by atoms with Gasteiger partial charge in [0.15, 0.2) is 0 Å². The van der Waals surface area contributed by atoms with E-state index in [0.29, 0.717) is 6.54 Å². The largest absolute Gasteiger partial charge is 0.466 e. The lowest BCUT2D eigenvalue weighted by molar-refractivity contribution is -0.142. The SMILES string of the molecule is CCOC(=O)CCS(=O)(=O)NCCC1=CCNCC1. The lowest BCUT2D eigenvalue weighted by Crippen LogP contribution is -2.29. The molecule has 1 rings (SSSR count). The van der Waals surface area contributed by atoms with E-state index in [1.807, 2.05) is 0 Å². The van der Waals surface area contributed by atoms with Crippen molar-refractivity contribution in [2.75, 3.05) is 32.0 Å². The van der Waals surface area contributed by atoms with Crippen molar-refractivity contribution in [3.05, 3.63) is 11.6 Å². The first-order valence-electron chi connectivity index (χ1n) is 6.55. The van der Waals surface area contributed by atoms with Crippen LogP contribution in [0.25, 0.3) is 0 Å². The molecule has 0 aromatic rings. The predicted octanol–water partition coefficient (Wildman–Crippen LogP) is 0.169. The van der Waals surface area contributed by atoms with Crippen LogP contribution in [0.5, 0.6) is 0 Å². The molecule has 0 bridgehead atoms. The molecule has 110 valence electrons. The van der Waals surface area contributed by atoms with Crippen molar-refractivity contribution in [2.24, 2.45) is 0 Å². The first-order chi connectivity index (χ1) is 9.03. The highest BCUT2D eigenvalue weighted by Gasteiger charge is 2.13. The lowest BCUT2D eigenvalue weighted by Gasteiger charge is -2.14. The summed E-state index contributed by atoms with van der Waals surface area (Å²) in [5.41, 5.74) is 1.27. The van der Waals surface area contributed by atoms with Crippen LogP contribution in [0, 0.1) is 0 Å². The highest BCUT2D eigenvalue weighted by molar-refractivity contribution is 7.89. The van der Waals surface area contributed by atoms with Gasteiger partial charge in [0.25, 0.3) is 0 Å². The van der Waals surface area contributed by atoms with E-state index in [-0.39, 0.29) is 18.8 Å². The highest BCUT2D eigenvalue weighted by atomic mass is 32.2. The van der Waals surface area contributed by atoms with Crippen molar-refractivity contribution in [2.45, 2.75) is 26.2 Å². The van der Waals surface area contributed by atoms with Gasteiger partial charge in [0.2, 0.25) is 10.0 Å². The Labute approximate surface area is 114 Å². The van der Waals surface area contributed by atoms with Gasteiger partial charge in [-0.2, -0.15) is 0 Å². The smallest absolute Gasteiger partial charge is 0.306 e. The average molecular weight is 290 g/mol. The van der Waals surface area contributed by atoms with Gasteiger partial charge in [0.1, 0.15) is 0 Å². The third-order valence-electron chi connectivity index (χ3n) is 2.81. The van der Waals surface area contributed by atoms with E-state index < -0.39 is 16.0 Å². The topological polar surface area (TPSA) is 84.5 Å². The van der Waals surface area contributed by atoms with E-state index >= 15 is 0 Å². The van der Waals surface area contributed by atoms with Crippen molar-refractivity contribution < 1.29 is 17.9 Å². The molecule has 0 radical (unpaired) electrons. The van der Waals surface area contributed by atoms with Crippen molar-refractivity contribution in [3.63, 3.8) is 0 Å². The molecule has 0 amide bonds. The van der Waals surface area contributed by atoms with E-state index in [2.05, 4.69) is 20.9 Å². The summed E-state index contributed by atoms with van der Waals surface area (Å²) < 4.78 is 30.5. The van der Waals surface area contributed by atoms with Gasteiger partial charge in [0, 0.05) is 13.1 Å². The van der Waals surface area contributed by atoms with Crippen molar-refractivity contribution >= 4 is 16.0 Å². The van der Waals surface area contributed by atoms with Crippen LogP contribution in [-0.4, -0.2) is 46.4 Å². The molecule has 7 heteroatoms. The molecule has 0 spiro atoms. The van der Waals surface area contributed by atoms with E-state index in [4.69, 9.17) is 0 Å². The predicted molar refractivity (Wildman–Crippen MR) is 73.2 cm³/mol. The van der Waals surface area contributed by atoms with E-state index in [1.54, 1.807) is 6.92 Å². The van der Waals surface area contributed by atoms with E-state index in [9.17, 15) is 13.2 Å². The summed E-state index contributed by atoms with van der Waals surface area (Å²) in [6.07, 6.45) is 3.68. The molecule has 0 aromatic heterocycles. The van der Waals surface area contributed by atoms with Crippen LogP contribution in [0.2, 0.25) is 0 Å². The lowest BCUT2D eigenvalue weighted by atomic mass is 10.1. The molecular weight excluding hydrogens is 268 g/mol. The normalized spacial score (nSPS) is 15.9. The zero-order valence-corrected chi connectivity index (χ0v) is 12.1. The number of carbonyl (C=O) groups excluding carboxylic acids is 1. The maximum Gasteiger partial charge on any atom is 0.306 e. The first-order valence-corrected chi connectivity index (χ1v) is 8.20. The Balaban J connectivity index is 2.22. The molecule has 6 nitrogen and oxygen atoms in total. The molecule has 1 aliphatic heterocycles. The fourth-order valence-corrected chi connectivity index (χ4v) is 2.78. The van der Waals surface area contributed by atoms with Gasteiger partial charge in [-0.3, -0.25) is 4.79 Å². The minimum atomic E-state index is -3.39. The quantitative estimate of drug-likeness (QED) is 0.492. The standard InChI is InChI=1S/C12H22N2O4S/c1-2-18-12(15)6-10-19(16,17)14-9-5-11-3-7-13-8-4-11/h3,13-14H,2,4-10H2,1H3. The Bertz CT molecular complexity index is 417. The van der Waals surface area contributed by atoms with Crippen LogP contribution in [0.1, 0.15) is 26.2 Å². The Morgan fingerprint density at radius 3 is 2.95 bits per heavy atom. The molecule has 19 heavy (non-hydrogen) atoms. The number of hydrogen-bond acceptors (Lipinski definition) is 5. The second-order valence-electron chi connectivity index (χ2n) is 4.33. The number of carbonyl (C=O) groups is 1. The molecule has 0 saturated carbocycles. The van der Waals surface area contributed by atoms with Gasteiger partial charge in [-0.1, -0.05) is 11.6 Å². The number of rotatable bonds is 8. The summed E-state index contributed by atoms with van der Waals surface area (Å²) in [7, 11) is -3.39. The Kier molecular flexibility index (Phi) is 7.04. The molecule has 0 saturated heterocycles. The van der Waals surface area contributed by atoms with Gasteiger partial charge < -0.3 is 10.1 Å². The third kappa shape index (κ3) is 7.29. The summed E-state index contributed by atoms with van der Waals surface area (Å²) in [5.74, 6) is -0.694. The molecule has 0 aromatic carbocycles. The molecule has 0 aliphatic carbocycles. The van der Waals surface area contributed by atoms with Gasteiger partial charge in [-0.15, -0.1) is 0 Å². The van der Waals surface area contributed by atoms with Crippen molar-refractivity contribution in [1.82, 2.24) is 10.0 Å². The molecule has 0 fully saturated rings. The van der Waals surface area contributed by atoms with Crippen LogP contribution in [0.3, 0.4) is 0 Å². The average Bonchev–Trinajstić information content (AvgIpc) is 2.38. The molecule has 1 aliphatic rings. The monoisotopic (exact) mass is 290 g/mol. The van der Waals surface area contributed by atoms with Gasteiger partial charge >= 0.3 is 5.97 Å². The first kappa shape index (κ1) is 16.1. The minimum Gasteiger partial charge on any atom is -0.466 e. The number of sulfonamides is 1. The maximum atomic E-state index is 11.6. The zero-order valence-electron chi connectivity index (χ0n) is 11.3. The Morgan fingerprint density at radius 2 is 2.32 bits per heavy atom. The van der Waals surface area contributed by atoms with Gasteiger partial charge in [0.05, 0.1) is 18.8 Å². The van der Waals surface area contributed by atoms with Crippen LogP contribution < -0.4 is 10.0 Å². The molecule has 0 unspecified atom stereocenters. The van der Waals surface area contributed by atoms with Crippen molar-refractivity contribution in [1.29, 1.82) is 0 Å². The van der Waals surface area contributed by atoms with E-state index in [0.717, 1.165) is 25.9 Å². The summed E-state index contributed by atoms with van der Waals surface area (Å²) >= 11 is 0. The van der Waals surface area contributed by atoms with Crippen LogP contribution in [-0.2, 0) is 19.6 Å². The van der Waals surface area contributed by atoms with Gasteiger partial charge in [-0.05, 0) is 26.3 Å². The molecule has 1 heterocycles. The number of esters is 1. The van der Waals surface area contributed by atoms with Crippen LogP contribution in [0.4, 0.5) is 0 Å². The third-order valence-corrected chi connectivity index (χ3v) is 4.19. The van der Waals surface area contributed by atoms with Crippen LogP contribution >= 0.6 is 0 Å². The number of nitrogens with one attached hydrogen (secondary N) is 2. The number of hydrogen-bond donors (Lipinski definition) is 2. The molecular formula is C12H22N2O4S. The summed E-state index contributed by atoms with van der Waals surface area (Å²) in [6, 6.07) is 0. The Morgan fingerprint density at radius 1 is 1.53 bits per heavy atom. The maximum absolute atomic E-state index is 11.6. The second-order valence-corrected chi connectivity index (χ2v) is 6.26. The van der Waals surface area contributed by atoms with E-state index in [1.165, 1.54) is 5.57 Å². The second kappa shape index (κ2) is 8.29. The summed E-state index contributed by atoms with van der Waals surface area (Å²) in [4.78, 5) is 11.1.